The van der Waals surface area contributed by atoms with E-state index < -0.39 is 0 Å². The molecular weight excluding hydrogens is 240 g/mol. The summed E-state index contributed by atoms with van der Waals surface area (Å²) < 4.78 is 0. The zero-order valence-electron chi connectivity index (χ0n) is 11.8. The van der Waals surface area contributed by atoms with Gasteiger partial charge in [-0.2, -0.15) is 0 Å². The Morgan fingerprint density at radius 2 is 2.00 bits per heavy atom. The van der Waals surface area contributed by atoms with Crippen LogP contribution in [0.1, 0.15) is 25.3 Å². The number of aromatic nitrogens is 2. The van der Waals surface area contributed by atoms with Crippen LogP contribution < -0.4 is 16.6 Å². The van der Waals surface area contributed by atoms with Gasteiger partial charge in [0.2, 0.25) is 0 Å². The SMILES string of the molecule is CCN1CCC(CNc2ncnc(NN)c2C)CC1. The normalized spacial score (nSPS) is 17.4. The first-order valence-electron chi connectivity index (χ1n) is 6.99. The molecule has 0 bridgehead atoms. The molecule has 1 aromatic rings. The van der Waals surface area contributed by atoms with Gasteiger partial charge in [-0.3, -0.25) is 0 Å². The first-order chi connectivity index (χ1) is 9.24. The van der Waals surface area contributed by atoms with Crippen LogP contribution in [0.4, 0.5) is 11.6 Å². The van der Waals surface area contributed by atoms with Gasteiger partial charge in [0.1, 0.15) is 18.0 Å². The summed E-state index contributed by atoms with van der Waals surface area (Å²) in [7, 11) is 0. The molecule has 1 aliphatic heterocycles. The van der Waals surface area contributed by atoms with E-state index >= 15 is 0 Å². The molecule has 0 amide bonds. The molecule has 6 nitrogen and oxygen atoms in total. The van der Waals surface area contributed by atoms with E-state index in [9.17, 15) is 0 Å². The number of nitrogens with zero attached hydrogens (tertiary/aromatic N) is 3. The van der Waals surface area contributed by atoms with Crippen molar-refractivity contribution in [1.29, 1.82) is 0 Å². The molecule has 6 heteroatoms. The standard InChI is InChI=1S/C13H24N6/c1-3-19-6-4-11(5-7-19)8-15-12-10(2)13(18-14)17-9-16-12/h9,11H,3-8,14H2,1-2H3,(H2,15,16,17,18). The smallest absolute Gasteiger partial charge is 0.148 e. The molecule has 19 heavy (non-hydrogen) atoms. The number of hydrazine groups is 1. The van der Waals surface area contributed by atoms with Gasteiger partial charge in [-0.15, -0.1) is 0 Å². The van der Waals surface area contributed by atoms with Crippen LogP contribution in [0.15, 0.2) is 6.33 Å². The second-order valence-electron chi connectivity index (χ2n) is 5.10. The fraction of sp³-hybridized carbons (Fsp3) is 0.692. The van der Waals surface area contributed by atoms with Gasteiger partial charge in [-0.05, 0) is 45.3 Å². The average molecular weight is 264 g/mol. The van der Waals surface area contributed by atoms with Crippen LogP contribution in [0, 0.1) is 12.8 Å². The third-order valence-corrected chi connectivity index (χ3v) is 3.93. The summed E-state index contributed by atoms with van der Waals surface area (Å²) in [5, 5.41) is 3.43. The van der Waals surface area contributed by atoms with E-state index in [4.69, 9.17) is 5.84 Å². The predicted molar refractivity (Wildman–Crippen MR) is 77.9 cm³/mol. The Balaban J connectivity index is 1.86. The maximum absolute atomic E-state index is 5.42. The van der Waals surface area contributed by atoms with Gasteiger partial charge in [0.25, 0.3) is 0 Å². The molecule has 0 aliphatic carbocycles. The van der Waals surface area contributed by atoms with Crippen molar-refractivity contribution < 1.29 is 0 Å². The highest BCUT2D eigenvalue weighted by molar-refractivity contribution is 5.55. The topological polar surface area (TPSA) is 79.1 Å². The first kappa shape index (κ1) is 14.0. The van der Waals surface area contributed by atoms with Crippen molar-refractivity contribution in [3.05, 3.63) is 11.9 Å². The van der Waals surface area contributed by atoms with Crippen molar-refractivity contribution in [2.45, 2.75) is 26.7 Å². The van der Waals surface area contributed by atoms with Gasteiger partial charge < -0.3 is 15.6 Å². The number of rotatable bonds is 5. The van der Waals surface area contributed by atoms with E-state index in [0.717, 1.165) is 30.4 Å². The van der Waals surface area contributed by atoms with Crippen LogP contribution in [0.2, 0.25) is 0 Å². The van der Waals surface area contributed by atoms with Crippen molar-refractivity contribution in [2.24, 2.45) is 11.8 Å². The molecule has 2 rings (SSSR count). The Morgan fingerprint density at radius 1 is 1.32 bits per heavy atom. The highest BCUT2D eigenvalue weighted by atomic mass is 15.3. The van der Waals surface area contributed by atoms with E-state index in [1.54, 1.807) is 0 Å². The zero-order valence-corrected chi connectivity index (χ0v) is 11.8. The van der Waals surface area contributed by atoms with Crippen LogP contribution in [0.3, 0.4) is 0 Å². The first-order valence-corrected chi connectivity index (χ1v) is 6.99. The van der Waals surface area contributed by atoms with Gasteiger partial charge in [0, 0.05) is 12.1 Å². The van der Waals surface area contributed by atoms with Crippen LogP contribution >= 0.6 is 0 Å². The van der Waals surface area contributed by atoms with E-state index in [2.05, 4.69) is 32.5 Å². The Labute approximate surface area is 114 Å². The number of likely N-dealkylation sites (tertiary alicyclic amines) is 1. The van der Waals surface area contributed by atoms with Crippen molar-refractivity contribution in [2.75, 3.05) is 36.9 Å². The Bertz CT molecular complexity index is 400. The van der Waals surface area contributed by atoms with Gasteiger partial charge in [-0.25, -0.2) is 15.8 Å². The molecule has 0 radical (unpaired) electrons. The number of hydrogen-bond donors (Lipinski definition) is 3. The zero-order chi connectivity index (χ0) is 13.7. The molecule has 2 heterocycles. The molecule has 0 atom stereocenters. The molecule has 1 saturated heterocycles. The third kappa shape index (κ3) is 3.54. The number of anilines is 2. The minimum absolute atomic E-state index is 0.679. The second kappa shape index (κ2) is 6.68. The second-order valence-corrected chi connectivity index (χ2v) is 5.10. The van der Waals surface area contributed by atoms with Gasteiger partial charge in [0.05, 0.1) is 0 Å². The highest BCUT2D eigenvalue weighted by Gasteiger charge is 2.18. The Morgan fingerprint density at radius 3 is 2.63 bits per heavy atom. The van der Waals surface area contributed by atoms with Crippen molar-refractivity contribution in [3.63, 3.8) is 0 Å². The number of piperidine rings is 1. The van der Waals surface area contributed by atoms with Gasteiger partial charge >= 0.3 is 0 Å². The van der Waals surface area contributed by atoms with Crippen LogP contribution in [-0.2, 0) is 0 Å². The van der Waals surface area contributed by atoms with Crippen LogP contribution in [0.5, 0.6) is 0 Å². The number of nitrogens with one attached hydrogen (secondary N) is 2. The van der Waals surface area contributed by atoms with Gasteiger partial charge in [-0.1, -0.05) is 6.92 Å². The molecule has 1 aromatic heterocycles. The number of nitrogens with two attached hydrogens (primary N) is 1. The third-order valence-electron chi connectivity index (χ3n) is 3.93. The van der Waals surface area contributed by atoms with Crippen molar-refractivity contribution >= 4 is 11.6 Å². The summed E-state index contributed by atoms with van der Waals surface area (Å²) in [4.78, 5) is 10.9. The fourth-order valence-corrected chi connectivity index (χ4v) is 2.52. The largest absolute Gasteiger partial charge is 0.369 e. The molecule has 0 aromatic carbocycles. The van der Waals surface area contributed by atoms with Crippen LogP contribution in [0.25, 0.3) is 0 Å². The number of nitrogen functional groups attached to an aromatic ring is 1. The minimum Gasteiger partial charge on any atom is -0.369 e. The lowest BCUT2D eigenvalue weighted by Gasteiger charge is -2.31. The van der Waals surface area contributed by atoms with E-state index in [-0.39, 0.29) is 0 Å². The quantitative estimate of drug-likeness (QED) is 0.548. The summed E-state index contributed by atoms with van der Waals surface area (Å²) >= 11 is 0. The summed E-state index contributed by atoms with van der Waals surface area (Å²) in [6.45, 7) is 8.75. The molecule has 0 unspecified atom stereocenters. The Kier molecular flexibility index (Phi) is 4.93. The molecule has 4 N–H and O–H groups in total. The minimum atomic E-state index is 0.679. The molecule has 0 saturated carbocycles. The maximum Gasteiger partial charge on any atom is 0.148 e. The van der Waals surface area contributed by atoms with Gasteiger partial charge in [0.15, 0.2) is 0 Å². The summed E-state index contributed by atoms with van der Waals surface area (Å²) in [5.41, 5.74) is 3.56. The molecular formula is C13H24N6. The lowest BCUT2D eigenvalue weighted by Crippen LogP contribution is -2.35. The van der Waals surface area contributed by atoms with Crippen molar-refractivity contribution in [1.82, 2.24) is 14.9 Å². The van der Waals surface area contributed by atoms with E-state index in [1.165, 1.54) is 32.3 Å². The van der Waals surface area contributed by atoms with Crippen molar-refractivity contribution in [3.8, 4) is 0 Å². The molecule has 0 spiro atoms. The monoisotopic (exact) mass is 264 g/mol. The van der Waals surface area contributed by atoms with Crippen LogP contribution in [-0.4, -0.2) is 41.0 Å². The Hall–Kier alpha value is -1.40. The molecule has 1 fully saturated rings. The predicted octanol–water partition coefficient (Wildman–Crippen LogP) is 1.21. The summed E-state index contributed by atoms with van der Waals surface area (Å²) in [6.07, 6.45) is 4.05. The maximum atomic E-state index is 5.42. The number of hydrogen-bond acceptors (Lipinski definition) is 6. The van der Waals surface area contributed by atoms with E-state index in [1.807, 2.05) is 6.92 Å². The molecule has 106 valence electrons. The highest BCUT2D eigenvalue weighted by Crippen LogP contribution is 2.20. The lowest BCUT2D eigenvalue weighted by atomic mass is 9.97. The summed E-state index contributed by atoms with van der Waals surface area (Å²) in [5.74, 6) is 7.70. The lowest BCUT2D eigenvalue weighted by molar-refractivity contribution is 0.198. The fourth-order valence-electron chi connectivity index (χ4n) is 2.52. The average Bonchev–Trinajstić information content (AvgIpc) is 2.47. The molecule has 1 aliphatic rings. The summed E-state index contributed by atoms with van der Waals surface area (Å²) in [6, 6.07) is 0. The van der Waals surface area contributed by atoms with E-state index in [0.29, 0.717) is 5.82 Å².